The number of aryl methyl sites for hydroxylation is 2. The van der Waals surface area contributed by atoms with Gasteiger partial charge in [-0.3, -0.25) is 10.3 Å². The zero-order valence-electron chi connectivity index (χ0n) is 11.3. The SMILES string of the molecule is Cc1ccc(NC(=O)NC(=S)c2cccnc2)cc1C. The van der Waals surface area contributed by atoms with Crippen LogP contribution in [0.5, 0.6) is 0 Å². The second-order valence-electron chi connectivity index (χ2n) is 4.45. The number of nitrogens with one attached hydrogen (secondary N) is 2. The molecule has 0 bridgehead atoms. The molecule has 1 aromatic heterocycles. The maximum absolute atomic E-state index is 11.9. The van der Waals surface area contributed by atoms with Gasteiger partial charge in [0, 0.05) is 23.6 Å². The van der Waals surface area contributed by atoms with Crippen molar-refractivity contribution in [1.29, 1.82) is 0 Å². The van der Waals surface area contributed by atoms with Crippen molar-refractivity contribution in [2.45, 2.75) is 13.8 Å². The number of carbonyl (C=O) groups excluding carboxylic acids is 1. The Morgan fingerprint density at radius 3 is 2.65 bits per heavy atom. The standard InChI is InChI=1S/C15H15N3OS/c1-10-5-6-13(8-11(10)2)17-15(19)18-14(20)12-4-3-7-16-9-12/h3-9H,1-2H3,(H2,17,18,19,20). The predicted molar refractivity (Wildman–Crippen MR) is 84.0 cm³/mol. The molecule has 2 aromatic rings. The lowest BCUT2D eigenvalue weighted by Gasteiger charge is -2.09. The number of nitrogens with zero attached hydrogens (tertiary/aromatic N) is 1. The maximum Gasteiger partial charge on any atom is 0.324 e. The van der Waals surface area contributed by atoms with Crippen LogP contribution in [0.2, 0.25) is 0 Å². The Kier molecular flexibility index (Phi) is 4.42. The van der Waals surface area contributed by atoms with E-state index in [9.17, 15) is 4.79 Å². The van der Waals surface area contributed by atoms with Gasteiger partial charge in [0.25, 0.3) is 0 Å². The third kappa shape index (κ3) is 3.61. The number of urea groups is 1. The van der Waals surface area contributed by atoms with Crippen LogP contribution in [-0.4, -0.2) is 16.0 Å². The molecule has 0 spiro atoms. The minimum atomic E-state index is -0.359. The van der Waals surface area contributed by atoms with Gasteiger partial charge in [-0.05, 0) is 49.2 Å². The van der Waals surface area contributed by atoms with Gasteiger partial charge in [-0.15, -0.1) is 0 Å². The van der Waals surface area contributed by atoms with Crippen molar-refractivity contribution >= 4 is 28.9 Å². The van der Waals surface area contributed by atoms with Crippen LogP contribution in [0.4, 0.5) is 10.5 Å². The maximum atomic E-state index is 11.9. The fourth-order valence-electron chi connectivity index (χ4n) is 1.65. The Hall–Kier alpha value is -2.27. The first kappa shape index (κ1) is 14.1. The van der Waals surface area contributed by atoms with Crippen LogP contribution >= 0.6 is 12.2 Å². The van der Waals surface area contributed by atoms with E-state index in [1.807, 2.05) is 32.0 Å². The fraction of sp³-hybridized carbons (Fsp3) is 0.133. The predicted octanol–water partition coefficient (Wildman–Crippen LogP) is 3.20. The Bertz CT molecular complexity index is 641. The summed E-state index contributed by atoms with van der Waals surface area (Å²) in [5.74, 6) is 0. The smallest absolute Gasteiger partial charge is 0.308 e. The van der Waals surface area contributed by atoms with E-state index in [4.69, 9.17) is 12.2 Å². The number of pyridine rings is 1. The minimum absolute atomic E-state index is 0.347. The zero-order valence-corrected chi connectivity index (χ0v) is 12.1. The zero-order chi connectivity index (χ0) is 14.5. The lowest BCUT2D eigenvalue weighted by molar-refractivity contribution is 0.256. The molecule has 1 aromatic carbocycles. The number of hydrogen-bond acceptors (Lipinski definition) is 3. The molecule has 4 nitrogen and oxygen atoms in total. The van der Waals surface area contributed by atoms with Gasteiger partial charge in [0.05, 0.1) is 0 Å². The van der Waals surface area contributed by atoms with Crippen LogP contribution in [0.15, 0.2) is 42.7 Å². The molecule has 0 saturated carbocycles. The van der Waals surface area contributed by atoms with E-state index in [0.717, 1.165) is 11.3 Å². The quantitative estimate of drug-likeness (QED) is 0.833. The lowest BCUT2D eigenvalue weighted by atomic mass is 10.1. The van der Waals surface area contributed by atoms with Crippen molar-refractivity contribution in [3.63, 3.8) is 0 Å². The minimum Gasteiger partial charge on any atom is -0.308 e. The number of hydrogen-bond donors (Lipinski definition) is 2. The Morgan fingerprint density at radius 2 is 2.00 bits per heavy atom. The lowest BCUT2D eigenvalue weighted by Crippen LogP contribution is -2.33. The molecule has 0 fully saturated rings. The molecule has 5 heteroatoms. The summed E-state index contributed by atoms with van der Waals surface area (Å²) in [5.41, 5.74) is 3.75. The topological polar surface area (TPSA) is 54.0 Å². The van der Waals surface area contributed by atoms with Crippen molar-refractivity contribution in [3.8, 4) is 0 Å². The van der Waals surface area contributed by atoms with E-state index < -0.39 is 0 Å². The van der Waals surface area contributed by atoms with Crippen LogP contribution in [0.3, 0.4) is 0 Å². The van der Waals surface area contributed by atoms with Crippen LogP contribution in [0, 0.1) is 13.8 Å². The Morgan fingerprint density at radius 1 is 1.20 bits per heavy atom. The molecule has 2 N–H and O–H groups in total. The number of aromatic nitrogens is 1. The van der Waals surface area contributed by atoms with E-state index >= 15 is 0 Å². The summed E-state index contributed by atoms with van der Waals surface area (Å²) in [7, 11) is 0. The van der Waals surface area contributed by atoms with Crippen LogP contribution in [-0.2, 0) is 0 Å². The van der Waals surface area contributed by atoms with Crippen molar-refractivity contribution < 1.29 is 4.79 Å². The summed E-state index contributed by atoms with van der Waals surface area (Å²) in [6.45, 7) is 4.02. The first-order valence-electron chi connectivity index (χ1n) is 6.16. The number of rotatable bonds is 2. The van der Waals surface area contributed by atoms with E-state index in [1.54, 1.807) is 24.5 Å². The van der Waals surface area contributed by atoms with E-state index in [0.29, 0.717) is 10.6 Å². The normalized spacial score (nSPS) is 9.90. The van der Waals surface area contributed by atoms with Gasteiger partial charge in [-0.1, -0.05) is 18.3 Å². The largest absolute Gasteiger partial charge is 0.324 e. The first-order valence-corrected chi connectivity index (χ1v) is 6.56. The summed E-state index contributed by atoms with van der Waals surface area (Å²) in [5, 5.41) is 5.37. The molecule has 20 heavy (non-hydrogen) atoms. The molecule has 2 amide bonds. The van der Waals surface area contributed by atoms with Crippen molar-refractivity contribution in [1.82, 2.24) is 10.3 Å². The van der Waals surface area contributed by atoms with Crippen LogP contribution in [0.25, 0.3) is 0 Å². The van der Waals surface area contributed by atoms with Crippen LogP contribution in [0.1, 0.15) is 16.7 Å². The van der Waals surface area contributed by atoms with E-state index in [1.165, 1.54) is 5.56 Å². The summed E-state index contributed by atoms with van der Waals surface area (Å²) < 4.78 is 0. The molecule has 0 saturated heterocycles. The average molecular weight is 285 g/mol. The Balaban J connectivity index is 1.99. The van der Waals surface area contributed by atoms with Gasteiger partial charge in [-0.2, -0.15) is 0 Å². The number of benzene rings is 1. The second kappa shape index (κ2) is 6.25. The molecule has 0 radical (unpaired) electrons. The van der Waals surface area contributed by atoms with Gasteiger partial charge >= 0.3 is 6.03 Å². The first-order chi connectivity index (χ1) is 9.56. The second-order valence-corrected chi connectivity index (χ2v) is 4.86. The molecule has 0 unspecified atom stereocenters. The summed E-state index contributed by atoms with van der Waals surface area (Å²) in [6, 6.07) is 8.94. The summed E-state index contributed by atoms with van der Waals surface area (Å²) >= 11 is 5.15. The van der Waals surface area contributed by atoms with Crippen molar-refractivity contribution in [2.24, 2.45) is 0 Å². The molecule has 2 rings (SSSR count). The molecule has 0 aliphatic carbocycles. The van der Waals surface area contributed by atoms with Gasteiger partial charge in [0.1, 0.15) is 4.99 Å². The highest BCUT2D eigenvalue weighted by Crippen LogP contribution is 2.13. The number of thiocarbonyl (C=S) groups is 1. The molecule has 0 atom stereocenters. The third-order valence-electron chi connectivity index (χ3n) is 2.92. The average Bonchev–Trinajstić information content (AvgIpc) is 2.44. The van der Waals surface area contributed by atoms with Gasteiger partial charge in [0.2, 0.25) is 0 Å². The molecule has 0 aliphatic rings. The molecule has 0 aliphatic heterocycles. The Labute approximate surface area is 123 Å². The van der Waals surface area contributed by atoms with Gasteiger partial charge in [-0.25, -0.2) is 4.79 Å². The van der Waals surface area contributed by atoms with E-state index in [-0.39, 0.29) is 6.03 Å². The summed E-state index contributed by atoms with van der Waals surface area (Å²) in [6.07, 6.45) is 3.26. The highest BCUT2D eigenvalue weighted by atomic mass is 32.1. The third-order valence-corrected chi connectivity index (χ3v) is 3.25. The summed E-state index contributed by atoms with van der Waals surface area (Å²) in [4.78, 5) is 16.2. The fourth-order valence-corrected chi connectivity index (χ4v) is 1.87. The number of amides is 2. The monoisotopic (exact) mass is 285 g/mol. The van der Waals surface area contributed by atoms with E-state index in [2.05, 4.69) is 15.6 Å². The number of anilines is 1. The van der Waals surface area contributed by atoms with Crippen molar-refractivity contribution in [3.05, 3.63) is 59.4 Å². The van der Waals surface area contributed by atoms with Crippen LogP contribution < -0.4 is 10.6 Å². The highest BCUT2D eigenvalue weighted by molar-refractivity contribution is 7.80. The number of carbonyl (C=O) groups is 1. The highest BCUT2D eigenvalue weighted by Gasteiger charge is 2.07. The molecule has 102 valence electrons. The molecular weight excluding hydrogens is 270 g/mol. The van der Waals surface area contributed by atoms with Crippen molar-refractivity contribution in [2.75, 3.05) is 5.32 Å². The van der Waals surface area contributed by atoms with Gasteiger partial charge < -0.3 is 5.32 Å². The van der Waals surface area contributed by atoms with Gasteiger partial charge in [0.15, 0.2) is 0 Å². The molecular formula is C15H15N3OS. The molecule has 1 heterocycles.